The third-order valence-electron chi connectivity index (χ3n) is 3.48. The molecule has 0 bridgehead atoms. The third kappa shape index (κ3) is 3.66. The number of carboxylic acid groups (broad SMARTS) is 1. The largest absolute Gasteiger partial charge is 0.481 e. The lowest BCUT2D eigenvalue weighted by Gasteiger charge is -2.14. The molecular weight excluding hydrogens is 272 g/mol. The van der Waals surface area contributed by atoms with Crippen LogP contribution in [0.2, 0.25) is 0 Å². The van der Waals surface area contributed by atoms with Gasteiger partial charge in [-0.15, -0.1) is 0 Å². The maximum atomic E-state index is 12.0. The van der Waals surface area contributed by atoms with Gasteiger partial charge in [-0.05, 0) is 30.2 Å². The molecule has 0 fully saturated rings. The van der Waals surface area contributed by atoms with Crippen molar-refractivity contribution in [2.75, 3.05) is 24.5 Å². The van der Waals surface area contributed by atoms with Crippen LogP contribution in [-0.2, 0) is 16.0 Å². The minimum atomic E-state index is -0.892. The van der Waals surface area contributed by atoms with Crippen LogP contribution < -0.4 is 10.2 Å². The summed E-state index contributed by atoms with van der Waals surface area (Å²) in [6.07, 6.45) is 0.744. The molecule has 1 aromatic rings. The van der Waals surface area contributed by atoms with E-state index in [1.54, 1.807) is 17.0 Å². The number of nitrogens with one attached hydrogen (secondary N) is 1. The summed E-state index contributed by atoms with van der Waals surface area (Å²) in [6, 6.07) is 5.33. The Bertz CT molecular complexity index is 583. The number of carboxylic acids is 1. The van der Waals surface area contributed by atoms with Crippen molar-refractivity contribution in [2.45, 2.75) is 19.8 Å². The number of rotatable bonds is 6. The molecule has 6 nitrogen and oxygen atoms in total. The number of fused-ring (bicyclic) bond motifs is 1. The van der Waals surface area contributed by atoms with Gasteiger partial charge in [0.2, 0.25) is 5.91 Å². The Hall–Kier alpha value is -2.21. The molecule has 0 aliphatic carbocycles. The highest BCUT2D eigenvalue weighted by Crippen LogP contribution is 2.28. The summed E-state index contributed by atoms with van der Waals surface area (Å²) in [5.41, 5.74) is 2.46. The number of carbonyl (C=O) groups is 3. The zero-order valence-corrected chi connectivity index (χ0v) is 11.9. The molecule has 2 rings (SSSR count). The van der Waals surface area contributed by atoms with E-state index in [0.717, 1.165) is 17.7 Å². The number of hydrogen-bond acceptors (Lipinski definition) is 4. The highest BCUT2D eigenvalue weighted by atomic mass is 16.4. The van der Waals surface area contributed by atoms with Crippen LogP contribution in [0.4, 0.5) is 5.69 Å². The Morgan fingerprint density at radius 2 is 2.10 bits per heavy atom. The van der Waals surface area contributed by atoms with E-state index in [1.807, 2.05) is 6.07 Å². The van der Waals surface area contributed by atoms with Gasteiger partial charge in [0.15, 0.2) is 5.78 Å². The van der Waals surface area contributed by atoms with E-state index in [9.17, 15) is 14.4 Å². The van der Waals surface area contributed by atoms with Gasteiger partial charge in [0, 0.05) is 31.3 Å². The molecule has 0 atom stereocenters. The smallest absolute Gasteiger partial charge is 0.304 e. The van der Waals surface area contributed by atoms with Gasteiger partial charge in [-0.1, -0.05) is 0 Å². The summed E-state index contributed by atoms with van der Waals surface area (Å²) in [6.45, 7) is 2.56. The summed E-state index contributed by atoms with van der Waals surface area (Å²) in [5.74, 6) is -0.968. The van der Waals surface area contributed by atoms with Gasteiger partial charge in [0.05, 0.1) is 13.0 Å². The summed E-state index contributed by atoms with van der Waals surface area (Å²) in [4.78, 5) is 35.5. The lowest BCUT2D eigenvalue weighted by molar-refractivity contribution is -0.136. The second-order valence-electron chi connectivity index (χ2n) is 5.01. The molecule has 112 valence electrons. The zero-order chi connectivity index (χ0) is 15.4. The van der Waals surface area contributed by atoms with Crippen LogP contribution in [0.1, 0.15) is 29.3 Å². The van der Waals surface area contributed by atoms with Crippen LogP contribution in [0.15, 0.2) is 18.2 Å². The molecule has 0 saturated heterocycles. The maximum Gasteiger partial charge on any atom is 0.304 e. The van der Waals surface area contributed by atoms with Gasteiger partial charge < -0.3 is 15.3 Å². The maximum absolute atomic E-state index is 12.0. The second kappa shape index (κ2) is 6.49. The monoisotopic (exact) mass is 290 g/mol. The van der Waals surface area contributed by atoms with E-state index in [2.05, 4.69) is 5.32 Å². The first-order valence-corrected chi connectivity index (χ1v) is 6.86. The summed E-state index contributed by atoms with van der Waals surface area (Å²) >= 11 is 0. The fourth-order valence-corrected chi connectivity index (χ4v) is 2.40. The first-order chi connectivity index (χ1) is 9.99. The minimum absolute atomic E-state index is 0.00293. The second-order valence-corrected chi connectivity index (χ2v) is 5.01. The van der Waals surface area contributed by atoms with Crippen LogP contribution in [-0.4, -0.2) is 42.4 Å². The van der Waals surface area contributed by atoms with Crippen molar-refractivity contribution in [1.82, 2.24) is 5.32 Å². The molecule has 0 radical (unpaired) electrons. The number of amides is 1. The number of hydrogen-bond donors (Lipinski definition) is 2. The number of Topliss-reactive ketones (excluding diaryl/α,β-unsaturated/α-hetero) is 1. The molecule has 6 heteroatoms. The molecule has 0 saturated carbocycles. The Balaban J connectivity index is 1.98. The van der Waals surface area contributed by atoms with E-state index in [4.69, 9.17) is 5.11 Å². The molecule has 2 N–H and O–H groups in total. The molecule has 0 aromatic heterocycles. The Morgan fingerprint density at radius 1 is 1.33 bits per heavy atom. The summed E-state index contributed by atoms with van der Waals surface area (Å²) < 4.78 is 0. The fourth-order valence-electron chi connectivity index (χ4n) is 2.40. The van der Waals surface area contributed by atoms with Crippen molar-refractivity contribution < 1.29 is 19.5 Å². The van der Waals surface area contributed by atoms with Gasteiger partial charge in [0.1, 0.15) is 0 Å². The lowest BCUT2D eigenvalue weighted by Crippen LogP contribution is -2.26. The predicted molar refractivity (Wildman–Crippen MR) is 77.6 cm³/mol. The van der Waals surface area contributed by atoms with E-state index < -0.39 is 5.97 Å². The van der Waals surface area contributed by atoms with Crippen LogP contribution in [0, 0.1) is 0 Å². The minimum Gasteiger partial charge on any atom is -0.481 e. The highest BCUT2D eigenvalue weighted by Gasteiger charge is 2.22. The summed E-state index contributed by atoms with van der Waals surface area (Å²) in [5, 5.41) is 11.3. The molecular formula is C15H18N2O4. The molecule has 1 aliphatic heterocycles. The van der Waals surface area contributed by atoms with Gasteiger partial charge in [-0.3, -0.25) is 14.4 Å². The SMILES string of the molecule is CC(=O)N1CCc2cc(C(=O)CNCCC(=O)O)ccc21. The number of carbonyl (C=O) groups excluding carboxylic acids is 2. The van der Waals surface area contributed by atoms with Crippen LogP contribution in [0.3, 0.4) is 0 Å². The molecule has 1 aliphatic rings. The topological polar surface area (TPSA) is 86.7 Å². The lowest BCUT2D eigenvalue weighted by atomic mass is 10.1. The van der Waals surface area contributed by atoms with Crippen molar-refractivity contribution in [3.8, 4) is 0 Å². The Morgan fingerprint density at radius 3 is 2.76 bits per heavy atom. The van der Waals surface area contributed by atoms with E-state index in [1.165, 1.54) is 6.92 Å². The van der Waals surface area contributed by atoms with E-state index in [-0.39, 0.29) is 31.2 Å². The van der Waals surface area contributed by atoms with E-state index >= 15 is 0 Å². The van der Waals surface area contributed by atoms with Crippen LogP contribution >= 0.6 is 0 Å². The van der Waals surface area contributed by atoms with Crippen molar-refractivity contribution in [3.63, 3.8) is 0 Å². The highest BCUT2D eigenvalue weighted by molar-refractivity contribution is 6.00. The van der Waals surface area contributed by atoms with Crippen molar-refractivity contribution in [1.29, 1.82) is 0 Å². The predicted octanol–water partition coefficient (Wildman–Crippen LogP) is 0.843. The standard InChI is InChI=1S/C15H18N2O4/c1-10(18)17-7-5-11-8-12(2-3-13(11)17)14(19)9-16-6-4-15(20)21/h2-3,8,16H,4-7,9H2,1H3,(H,20,21). The Labute approximate surface area is 122 Å². The quantitative estimate of drug-likeness (QED) is 0.599. The normalized spacial score (nSPS) is 13.1. The van der Waals surface area contributed by atoms with Gasteiger partial charge in [-0.25, -0.2) is 0 Å². The summed E-state index contributed by atoms with van der Waals surface area (Å²) in [7, 11) is 0. The van der Waals surface area contributed by atoms with Gasteiger partial charge >= 0.3 is 5.97 Å². The number of aliphatic carboxylic acids is 1. The van der Waals surface area contributed by atoms with Gasteiger partial charge in [-0.2, -0.15) is 0 Å². The van der Waals surface area contributed by atoms with Gasteiger partial charge in [0.25, 0.3) is 0 Å². The third-order valence-corrected chi connectivity index (χ3v) is 3.48. The average Bonchev–Trinajstić information content (AvgIpc) is 2.86. The average molecular weight is 290 g/mol. The molecule has 1 heterocycles. The first kappa shape index (κ1) is 15.2. The van der Waals surface area contributed by atoms with Crippen molar-refractivity contribution in [2.24, 2.45) is 0 Å². The van der Waals surface area contributed by atoms with Crippen molar-refractivity contribution in [3.05, 3.63) is 29.3 Å². The number of ketones is 1. The molecule has 0 spiro atoms. The zero-order valence-electron chi connectivity index (χ0n) is 11.9. The number of benzene rings is 1. The molecule has 21 heavy (non-hydrogen) atoms. The number of anilines is 1. The fraction of sp³-hybridized carbons (Fsp3) is 0.400. The van der Waals surface area contributed by atoms with Crippen LogP contribution in [0.25, 0.3) is 0 Å². The van der Waals surface area contributed by atoms with Crippen molar-refractivity contribution >= 4 is 23.3 Å². The van der Waals surface area contributed by atoms with Crippen LogP contribution in [0.5, 0.6) is 0 Å². The first-order valence-electron chi connectivity index (χ1n) is 6.86. The van der Waals surface area contributed by atoms with E-state index in [0.29, 0.717) is 12.1 Å². The molecule has 0 unspecified atom stereocenters. The molecule has 1 amide bonds. The number of nitrogens with zero attached hydrogens (tertiary/aromatic N) is 1. The Kier molecular flexibility index (Phi) is 4.70. The molecule has 1 aromatic carbocycles.